The lowest BCUT2D eigenvalue weighted by Crippen LogP contribution is -2.41. The second-order valence-electron chi connectivity index (χ2n) is 6.01. The molecule has 0 radical (unpaired) electrons. The van der Waals surface area contributed by atoms with Crippen LogP contribution in [-0.4, -0.2) is 55.0 Å². The summed E-state index contributed by atoms with van der Waals surface area (Å²) in [6.07, 6.45) is 3.46. The van der Waals surface area contributed by atoms with Gasteiger partial charge < -0.3 is 14.7 Å². The lowest BCUT2D eigenvalue weighted by molar-refractivity contribution is 0.0879. The zero-order valence-electron chi connectivity index (χ0n) is 13.7. The fourth-order valence-electron chi connectivity index (χ4n) is 3.04. The second-order valence-corrected chi connectivity index (χ2v) is 6.87. The van der Waals surface area contributed by atoms with E-state index >= 15 is 0 Å². The Morgan fingerprint density at radius 2 is 2.00 bits per heavy atom. The van der Waals surface area contributed by atoms with Crippen LogP contribution < -0.4 is 4.74 Å². The van der Waals surface area contributed by atoms with Crippen molar-refractivity contribution >= 4 is 33.1 Å². The highest BCUT2D eigenvalue weighted by Crippen LogP contribution is 2.28. The minimum absolute atomic E-state index is 0.0736. The van der Waals surface area contributed by atoms with Gasteiger partial charge in [0.15, 0.2) is 5.65 Å². The Labute approximate surface area is 157 Å². The minimum Gasteiger partial charge on any atom is -0.474 e. The molecule has 1 saturated heterocycles. The fraction of sp³-hybridized carbons (Fsp3) is 0.294. The normalized spacial score (nSPS) is 15.3. The van der Waals surface area contributed by atoms with Gasteiger partial charge >= 0.3 is 6.09 Å². The number of aromatic nitrogens is 4. The van der Waals surface area contributed by atoms with Gasteiger partial charge in [0, 0.05) is 30.4 Å². The van der Waals surface area contributed by atoms with Gasteiger partial charge in [-0.3, -0.25) is 0 Å². The number of benzene rings is 1. The molecule has 0 saturated carbocycles. The van der Waals surface area contributed by atoms with Crippen LogP contribution in [0.3, 0.4) is 0 Å². The van der Waals surface area contributed by atoms with Crippen LogP contribution in [0.15, 0.2) is 41.3 Å². The number of rotatable bonds is 3. The van der Waals surface area contributed by atoms with E-state index < -0.39 is 6.09 Å². The standard InChI is InChI=1S/C17H16BrN5O3/c18-13-3-1-2-4-14(13)23-15-12(9-21-23)16(20-10-19-15)26-11-5-7-22(8-6-11)17(24)25/h1-4,9-11H,5-8H2,(H,24,25). The molecule has 1 N–H and O–H groups in total. The van der Waals surface area contributed by atoms with Crippen molar-refractivity contribution in [1.82, 2.24) is 24.6 Å². The summed E-state index contributed by atoms with van der Waals surface area (Å²) in [5, 5.41) is 14.2. The molecule has 0 spiro atoms. The van der Waals surface area contributed by atoms with Crippen molar-refractivity contribution in [2.45, 2.75) is 18.9 Å². The molecule has 134 valence electrons. The predicted octanol–water partition coefficient (Wildman–Crippen LogP) is 3.10. The molecule has 8 nitrogen and oxygen atoms in total. The molecule has 2 aromatic heterocycles. The van der Waals surface area contributed by atoms with Crippen molar-refractivity contribution in [1.29, 1.82) is 0 Å². The van der Waals surface area contributed by atoms with Crippen molar-refractivity contribution in [3.05, 3.63) is 41.3 Å². The lowest BCUT2D eigenvalue weighted by Gasteiger charge is -2.29. The van der Waals surface area contributed by atoms with Gasteiger partial charge in [-0.25, -0.2) is 19.4 Å². The molecule has 1 aliphatic heterocycles. The summed E-state index contributed by atoms with van der Waals surface area (Å²) >= 11 is 3.53. The highest BCUT2D eigenvalue weighted by molar-refractivity contribution is 9.10. The quantitative estimate of drug-likeness (QED) is 0.703. The topological polar surface area (TPSA) is 93.4 Å². The van der Waals surface area contributed by atoms with Crippen LogP contribution in [0.25, 0.3) is 16.7 Å². The molecular formula is C17H16BrN5O3. The summed E-state index contributed by atoms with van der Waals surface area (Å²) in [6.45, 7) is 0.925. The molecule has 26 heavy (non-hydrogen) atoms. The largest absolute Gasteiger partial charge is 0.474 e. The van der Waals surface area contributed by atoms with E-state index in [9.17, 15) is 4.79 Å². The maximum atomic E-state index is 11.0. The monoisotopic (exact) mass is 417 g/mol. The molecule has 0 bridgehead atoms. The second kappa shape index (κ2) is 6.91. The van der Waals surface area contributed by atoms with Crippen LogP contribution >= 0.6 is 15.9 Å². The van der Waals surface area contributed by atoms with E-state index in [-0.39, 0.29) is 6.10 Å². The average molecular weight is 418 g/mol. The number of halogens is 1. The first-order valence-corrected chi connectivity index (χ1v) is 9.01. The number of piperidine rings is 1. The average Bonchev–Trinajstić information content (AvgIpc) is 3.07. The van der Waals surface area contributed by atoms with E-state index in [1.54, 1.807) is 10.9 Å². The first-order chi connectivity index (χ1) is 12.6. The van der Waals surface area contributed by atoms with E-state index in [1.165, 1.54) is 11.2 Å². The highest BCUT2D eigenvalue weighted by Gasteiger charge is 2.25. The predicted molar refractivity (Wildman–Crippen MR) is 97.6 cm³/mol. The molecule has 3 aromatic rings. The molecule has 1 fully saturated rings. The molecule has 1 aromatic carbocycles. The summed E-state index contributed by atoms with van der Waals surface area (Å²) in [4.78, 5) is 21.0. The number of carboxylic acid groups (broad SMARTS) is 1. The van der Waals surface area contributed by atoms with E-state index in [1.807, 2.05) is 24.3 Å². The summed E-state index contributed by atoms with van der Waals surface area (Å²) < 4.78 is 8.69. The van der Waals surface area contributed by atoms with Crippen molar-refractivity contribution in [3.8, 4) is 11.6 Å². The number of carbonyl (C=O) groups is 1. The van der Waals surface area contributed by atoms with E-state index in [4.69, 9.17) is 9.84 Å². The molecule has 9 heteroatoms. The van der Waals surface area contributed by atoms with Gasteiger partial charge in [0.1, 0.15) is 17.8 Å². The molecule has 1 amide bonds. The van der Waals surface area contributed by atoms with E-state index in [0.717, 1.165) is 15.5 Å². The number of nitrogens with zero attached hydrogens (tertiary/aromatic N) is 5. The number of likely N-dealkylation sites (tertiary alicyclic amines) is 1. The minimum atomic E-state index is -0.886. The third kappa shape index (κ3) is 3.10. The third-order valence-corrected chi connectivity index (χ3v) is 5.07. The summed E-state index contributed by atoms with van der Waals surface area (Å²) in [7, 11) is 0. The van der Waals surface area contributed by atoms with Crippen LogP contribution in [-0.2, 0) is 0 Å². The summed E-state index contributed by atoms with van der Waals surface area (Å²) in [6, 6.07) is 7.76. The SMILES string of the molecule is O=C(O)N1CCC(Oc2ncnc3c2cnn3-c2ccccc2Br)CC1. The third-order valence-electron chi connectivity index (χ3n) is 4.40. The Hall–Kier alpha value is -2.68. The van der Waals surface area contributed by atoms with Gasteiger partial charge in [0.05, 0.1) is 11.9 Å². The van der Waals surface area contributed by atoms with Crippen LogP contribution in [0.1, 0.15) is 12.8 Å². The van der Waals surface area contributed by atoms with Crippen molar-refractivity contribution in [3.63, 3.8) is 0 Å². The smallest absolute Gasteiger partial charge is 0.407 e. The van der Waals surface area contributed by atoms with E-state index in [0.29, 0.717) is 37.5 Å². The van der Waals surface area contributed by atoms with Gasteiger partial charge in [-0.2, -0.15) is 5.10 Å². The fourth-order valence-corrected chi connectivity index (χ4v) is 3.49. The van der Waals surface area contributed by atoms with Gasteiger partial charge in [-0.05, 0) is 28.1 Å². The maximum absolute atomic E-state index is 11.0. The van der Waals surface area contributed by atoms with Crippen molar-refractivity contribution in [2.75, 3.05) is 13.1 Å². The molecule has 0 unspecified atom stereocenters. The molecule has 1 aliphatic rings. The maximum Gasteiger partial charge on any atom is 0.407 e. The molecule has 0 aliphatic carbocycles. The number of para-hydroxylation sites is 1. The summed E-state index contributed by atoms with van der Waals surface area (Å²) in [5.41, 5.74) is 1.53. The van der Waals surface area contributed by atoms with Crippen LogP contribution in [0, 0.1) is 0 Å². The lowest BCUT2D eigenvalue weighted by atomic mass is 10.1. The van der Waals surface area contributed by atoms with E-state index in [2.05, 4.69) is 31.0 Å². The number of fused-ring (bicyclic) bond motifs is 1. The number of hydrogen-bond donors (Lipinski definition) is 1. The number of ether oxygens (including phenoxy) is 1. The van der Waals surface area contributed by atoms with Crippen molar-refractivity contribution < 1.29 is 14.6 Å². The highest BCUT2D eigenvalue weighted by atomic mass is 79.9. The molecular weight excluding hydrogens is 402 g/mol. The summed E-state index contributed by atoms with van der Waals surface area (Å²) in [5.74, 6) is 0.474. The number of hydrogen-bond acceptors (Lipinski definition) is 5. The van der Waals surface area contributed by atoms with Gasteiger partial charge in [-0.15, -0.1) is 0 Å². The van der Waals surface area contributed by atoms with Crippen LogP contribution in [0.5, 0.6) is 5.88 Å². The van der Waals surface area contributed by atoms with Gasteiger partial charge in [0.25, 0.3) is 0 Å². The Balaban J connectivity index is 1.60. The number of amides is 1. The zero-order chi connectivity index (χ0) is 18.1. The Bertz CT molecular complexity index is 952. The molecule has 0 atom stereocenters. The first-order valence-electron chi connectivity index (χ1n) is 8.21. The Morgan fingerprint density at radius 1 is 1.23 bits per heavy atom. The Kier molecular flexibility index (Phi) is 4.46. The van der Waals surface area contributed by atoms with Crippen LogP contribution in [0.4, 0.5) is 4.79 Å². The zero-order valence-corrected chi connectivity index (χ0v) is 15.3. The van der Waals surface area contributed by atoms with Crippen molar-refractivity contribution in [2.24, 2.45) is 0 Å². The first kappa shape index (κ1) is 16.8. The molecule has 3 heterocycles. The Morgan fingerprint density at radius 3 is 2.73 bits per heavy atom. The van der Waals surface area contributed by atoms with Gasteiger partial charge in [0.2, 0.25) is 5.88 Å². The van der Waals surface area contributed by atoms with Gasteiger partial charge in [-0.1, -0.05) is 12.1 Å². The van der Waals surface area contributed by atoms with Crippen LogP contribution in [0.2, 0.25) is 0 Å². The molecule has 4 rings (SSSR count).